The number of nitro groups is 1. The van der Waals surface area contributed by atoms with Crippen LogP contribution in [0.4, 0.5) is 5.69 Å². The standard InChI is InChI=1S/C15H25N3O4S/c1-10(2)8-15(5,9-16)17-23(21,22)14-7-13(18(19)20)6-11(3)12(14)4/h6-7,10,17H,8-9,16H2,1-5H3. The molecule has 0 saturated heterocycles. The van der Waals surface area contributed by atoms with Gasteiger partial charge in [-0.3, -0.25) is 10.1 Å². The zero-order chi connectivity index (χ0) is 18.0. The predicted molar refractivity (Wildman–Crippen MR) is 89.8 cm³/mol. The first-order chi connectivity index (χ1) is 10.4. The molecule has 23 heavy (non-hydrogen) atoms. The van der Waals surface area contributed by atoms with Crippen LogP contribution in [0.3, 0.4) is 0 Å². The first-order valence-corrected chi connectivity index (χ1v) is 8.90. The van der Waals surface area contributed by atoms with Crippen LogP contribution in [0.2, 0.25) is 0 Å². The van der Waals surface area contributed by atoms with Gasteiger partial charge < -0.3 is 5.73 Å². The van der Waals surface area contributed by atoms with Crippen LogP contribution in [0.15, 0.2) is 17.0 Å². The highest BCUT2D eigenvalue weighted by Crippen LogP contribution is 2.27. The topological polar surface area (TPSA) is 115 Å². The Morgan fingerprint density at radius 3 is 2.35 bits per heavy atom. The fourth-order valence-electron chi connectivity index (χ4n) is 2.64. The number of nitrogens with two attached hydrogens (primary N) is 1. The SMILES string of the molecule is Cc1cc([N+](=O)[O-])cc(S(=O)(=O)NC(C)(CN)CC(C)C)c1C. The lowest BCUT2D eigenvalue weighted by Gasteiger charge is -2.31. The molecule has 130 valence electrons. The van der Waals surface area contributed by atoms with Crippen molar-refractivity contribution in [1.82, 2.24) is 4.72 Å². The highest BCUT2D eigenvalue weighted by molar-refractivity contribution is 7.89. The van der Waals surface area contributed by atoms with Gasteiger partial charge in [-0.15, -0.1) is 0 Å². The quantitative estimate of drug-likeness (QED) is 0.582. The molecule has 0 aliphatic heterocycles. The number of nitrogens with zero attached hydrogens (tertiary/aromatic N) is 1. The van der Waals surface area contributed by atoms with Crippen LogP contribution in [0, 0.1) is 29.9 Å². The molecule has 0 aliphatic carbocycles. The third-order valence-corrected chi connectivity index (χ3v) is 5.56. The van der Waals surface area contributed by atoms with E-state index in [-0.39, 0.29) is 23.0 Å². The highest BCUT2D eigenvalue weighted by Gasteiger charge is 2.32. The summed E-state index contributed by atoms with van der Waals surface area (Å²) < 4.78 is 28.1. The van der Waals surface area contributed by atoms with Crippen molar-refractivity contribution < 1.29 is 13.3 Å². The predicted octanol–water partition coefficient (Wildman–Crippen LogP) is 2.25. The minimum absolute atomic E-state index is 0.0763. The number of sulfonamides is 1. The number of hydrogen-bond donors (Lipinski definition) is 2. The normalized spacial score (nSPS) is 14.7. The van der Waals surface area contributed by atoms with Crippen molar-refractivity contribution in [2.45, 2.75) is 51.5 Å². The van der Waals surface area contributed by atoms with Gasteiger partial charge in [-0.25, -0.2) is 13.1 Å². The van der Waals surface area contributed by atoms with Crippen LogP contribution >= 0.6 is 0 Å². The first kappa shape index (κ1) is 19.5. The molecule has 0 spiro atoms. The largest absolute Gasteiger partial charge is 0.329 e. The van der Waals surface area contributed by atoms with Gasteiger partial charge in [0.25, 0.3) is 5.69 Å². The molecule has 7 nitrogen and oxygen atoms in total. The molecule has 0 aliphatic rings. The number of rotatable bonds is 7. The first-order valence-electron chi connectivity index (χ1n) is 7.41. The van der Waals surface area contributed by atoms with Crippen molar-refractivity contribution in [2.75, 3.05) is 6.54 Å². The zero-order valence-electron chi connectivity index (χ0n) is 14.2. The van der Waals surface area contributed by atoms with E-state index in [1.54, 1.807) is 20.8 Å². The summed E-state index contributed by atoms with van der Waals surface area (Å²) in [6.45, 7) is 9.12. The van der Waals surface area contributed by atoms with E-state index in [0.717, 1.165) is 6.07 Å². The summed E-state index contributed by atoms with van der Waals surface area (Å²) in [5.74, 6) is 0.249. The molecule has 1 aromatic rings. The average Bonchev–Trinajstić information content (AvgIpc) is 2.39. The Balaban J connectivity index is 3.36. The van der Waals surface area contributed by atoms with Gasteiger partial charge in [0, 0.05) is 24.2 Å². The molecule has 0 aromatic heterocycles. The van der Waals surface area contributed by atoms with Crippen LogP contribution < -0.4 is 10.5 Å². The molecule has 0 saturated carbocycles. The van der Waals surface area contributed by atoms with Gasteiger partial charge in [-0.2, -0.15) is 0 Å². The van der Waals surface area contributed by atoms with Gasteiger partial charge in [0.05, 0.1) is 9.82 Å². The molecule has 0 bridgehead atoms. The van der Waals surface area contributed by atoms with Crippen LogP contribution in [-0.2, 0) is 10.0 Å². The molecule has 8 heteroatoms. The summed E-state index contributed by atoms with van der Waals surface area (Å²) in [6.07, 6.45) is 0.565. The van der Waals surface area contributed by atoms with Gasteiger partial charge in [-0.1, -0.05) is 13.8 Å². The summed E-state index contributed by atoms with van der Waals surface area (Å²) in [6, 6.07) is 2.46. The van der Waals surface area contributed by atoms with Crippen LogP contribution in [0.1, 0.15) is 38.3 Å². The summed E-state index contributed by atoms with van der Waals surface area (Å²) >= 11 is 0. The Hall–Kier alpha value is -1.51. The summed E-state index contributed by atoms with van der Waals surface area (Å²) in [4.78, 5) is 10.3. The second kappa shape index (κ2) is 6.94. The second-order valence-corrected chi connectivity index (χ2v) is 8.26. The van der Waals surface area contributed by atoms with E-state index in [9.17, 15) is 18.5 Å². The Morgan fingerprint density at radius 1 is 1.35 bits per heavy atom. The molecule has 0 radical (unpaired) electrons. The smallest absolute Gasteiger partial charge is 0.271 e. The Morgan fingerprint density at radius 2 is 1.91 bits per heavy atom. The molecule has 0 amide bonds. The van der Waals surface area contributed by atoms with Crippen LogP contribution in [0.25, 0.3) is 0 Å². The lowest BCUT2D eigenvalue weighted by atomic mass is 9.92. The van der Waals surface area contributed by atoms with Gasteiger partial charge >= 0.3 is 0 Å². The lowest BCUT2D eigenvalue weighted by molar-refractivity contribution is -0.385. The summed E-state index contributed by atoms with van der Waals surface area (Å²) in [5, 5.41) is 11.0. The van der Waals surface area contributed by atoms with E-state index in [4.69, 9.17) is 5.73 Å². The van der Waals surface area contributed by atoms with Gasteiger partial charge in [0.15, 0.2) is 0 Å². The van der Waals surface area contributed by atoms with Crippen LogP contribution in [-0.4, -0.2) is 25.4 Å². The van der Waals surface area contributed by atoms with Crippen molar-refractivity contribution in [1.29, 1.82) is 0 Å². The van der Waals surface area contributed by atoms with E-state index >= 15 is 0 Å². The van der Waals surface area contributed by atoms with E-state index in [1.807, 2.05) is 13.8 Å². The van der Waals surface area contributed by atoms with Crippen LogP contribution in [0.5, 0.6) is 0 Å². The van der Waals surface area contributed by atoms with Crippen molar-refractivity contribution in [2.24, 2.45) is 11.7 Å². The molecule has 1 unspecified atom stereocenters. The number of benzene rings is 1. The number of aryl methyl sites for hydroxylation is 1. The molecular weight excluding hydrogens is 318 g/mol. The molecule has 1 rings (SSSR count). The highest BCUT2D eigenvalue weighted by atomic mass is 32.2. The van der Waals surface area contributed by atoms with E-state index in [1.165, 1.54) is 6.07 Å². The molecular formula is C15H25N3O4S. The minimum Gasteiger partial charge on any atom is -0.329 e. The van der Waals surface area contributed by atoms with E-state index in [0.29, 0.717) is 17.5 Å². The number of hydrogen-bond acceptors (Lipinski definition) is 5. The Kier molecular flexibility index (Phi) is 5.89. The van der Waals surface area contributed by atoms with Crippen molar-refractivity contribution in [3.63, 3.8) is 0 Å². The maximum Gasteiger partial charge on any atom is 0.271 e. The molecule has 0 heterocycles. The minimum atomic E-state index is -3.92. The third kappa shape index (κ3) is 4.73. The zero-order valence-corrected chi connectivity index (χ0v) is 15.0. The van der Waals surface area contributed by atoms with Gasteiger partial charge in [0.1, 0.15) is 0 Å². The van der Waals surface area contributed by atoms with E-state index in [2.05, 4.69) is 4.72 Å². The molecule has 1 atom stereocenters. The number of non-ortho nitro benzene ring substituents is 1. The number of nitro benzene ring substituents is 1. The Labute approximate surface area is 137 Å². The van der Waals surface area contributed by atoms with Gasteiger partial charge in [0.2, 0.25) is 10.0 Å². The third-order valence-electron chi connectivity index (χ3n) is 3.79. The maximum absolute atomic E-state index is 12.7. The molecule has 0 fully saturated rings. The molecule has 1 aromatic carbocycles. The maximum atomic E-state index is 12.7. The van der Waals surface area contributed by atoms with E-state index < -0.39 is 20.5 Å². The number of nitrogens with one attached hydrogen (secondary N) is 1. The fraction of sp³-hybridized carbons (Fsp3) is 0.600. The summed E-state index contributed by atoms with van der Waals surface area (Å²) in [5.41, 5.74) is 5.75. The Bertz CT molecular complexity index is 701. The lowest BCUT2D eigenvalue weighted by Crippen LogP contribution is -2.52. The fourth-order valence-corrected chi connectivity index (χ4v) is 4.41. The second-order valence-electron chi connectivity index (χ2n) is 6.61. The van der Waals surface area contributed by atoms with Gasteiger partial charge in [-0.05, 0) is 44.2 Å². The van der Waals surface area contributed by atoms with Crippen molar-refractivity contribution >= 4 is 15.7 Å². The average molecular weight is 343 g/mol. The monoisotopic (exact) mass is 343 g/mol. The summed E-state index contributed by atoms with van der Waals surface area (Å²) in [7, 11) is -3.92. The van der Waals surface area contributed by atoms with Crippen molar-refractivity contribution in [3.8, 4) is 0 Å². The van der Waals surface area contributed by atoms with Crippen molar-refractivity contribution in [3.05, 3.63) is 33.4 Å². The molecule has 3 N–H and O–H groups in total.